The third kappa shape index (κ3) is 6.55. The van der Waals surface area contributed by atoms with E-state index in [1.807, 2.05) is 24.3 Å². The second-order valence-electron chi connectivity index (χ2n) is 12.1. The molecule has 0 aromatic heterocycles. The number of hydrogen-bond acceptors (Lipinski definition) is 5. The van der Waals surface area contributed by atoms with Crippen LogP contribution in [0.3, 0.4) is 0 Å². The highest BCUT2D eigenvalue weighted by Gasteiger charge is 2.25. The highest BCUT2D eigenvalue weighted by molar-refractivity contribution is 6.14. The number of likely N-dealkylation sites (tertiary alicyclic amines) is 1. The minimum Gasteiger partial charge on any atom is -0.369 e. The van der Waals surface area contributed by atoms with E-state index in [9.17, 15) is 13.6 Å². The molecule has 0 spiro atoms. The van der Waals surface area contributed by atoms with Crippen LogP contribution in [0.4, 0.5) is 14.5 Å². The van der Waals surface area contributed by atoms with Crippen LogP contribution in [-0.4, -0.2) is 74.9 Å². The molecule has 220 valence electrons. The summed E-state index contributed by atoms with van der Waals surface area (Å²) in [7, 11) is 4.33. The number of nitrogens with one attached hydrogen (secondary N) is 1. The number of hydrogen-bond donors (Lipinski definition) is 1. The summed E-state index contributed by atoms with van der Waals surface area (Å²) in [5, 5.41) is 3.11. The van der Waals surface area contributed by atoms with Crippen LogP contribution < -0.4 is 10.2 Å². The van der Waals surface area contributed by atoms with E-state index >= 15 is 0 Å². The third-order valence-electron chi connectivity index (χ3n) is 8.95. The van der Waals surface area contributed by atoms with Gasteiger partial charge in [-0.25, -0.2) is 8.78 Å². The summed E-state index contributed by atoms with van der Waals surface area (Å²) in [4.78, 5) is 25.6. The van der Waals surface area contributed by atoms with Gasteiger partial charge in [-0.2, -0.15) is 0 Å². The zero-order valence-corrected chi connectivity index (χ0v) is 24.5. The number of piperidine rings is 1. The normalized spacial score (nSPS) is 18.2. The molecule has 6 rings (SSSR count). The SMILES string of the molecule is CN1CCC(Cc2cc(N3CCN(C)CC3)ccc2C(=O)NC2=NCc3ccc(Cc4cc(F)cc(F)c4)cc32)CC1. The Morgan fingerprint density at radius 3 is 2.31 bits per heavy atom. The number of halogens is 2. The maximum absolute atomic E-state index is 13.8. The van der Waals surface area contributed by atoms with Crippen LogP contribution in [0.5, 0.6) is 0 Å². The average molecular weight is 572 g/mol. The van der Waals surface area contributed by atoms with Crippen LogP contribution in [0.2, 0.25) is 0 Å². The molecule has 0 atom stereocenters. The molecule has 1 N–H and O–H groups in total. The first-order valence-electron chi connectivity index (χ1n) is 15.0. The van der Waals surface area contributed by atoms with Crippen molar-refractivity contribution in [2.75, 3.05) is 58.3 Å². The van der Waals surface area contributed by atoms with E-state index in [0.717, 1.165) is 86.9 Å². The second-order valence-corrected chi connectivity index (χ2v) is 12.1. The molecule has 0 radical (unpaired) electrons. The van der Waals surface area contributed by atoms with Crippen molar-refractivity contribution < 1.29 is 13.6 Å². The van der Waals surface area contributed by atoms with E-state index in [0.29, 0.717) is 35.8 Å². The van der Waals surface area contributed by atoms with Crippen molar-refractivity contribution >= 4 is 17.4 Å². The Morgan fingerprint density at radius 2 is 1.57 bits per heavy atom. The van der Waals surface area contributed by atoms with E-state index in [2.05, 4.69) is 51.2 Å². The molecule has 0 aliphatic carbocycles. The topological polar surface area (TPSA) is 51.2 Å². The first-order valence-corrected chi connectivity index (χ1v) is 15.0. The molecule has 1 amide bonds. The minimum absolute atomic E-state index is 0.146. The van der Waals surface area contributed by atoms with Gasteiger partial charge in [0, 0.05) is 49.1 Å². The van der Waals surface area contributed by atoms with Gasteiger partial charge in [0.05, 0.1) is 6.54 Å². The molecule has 0 unspecified atom stereocenters. The number of anilines is 1. The molecular weight excluding hydrogens is 532 g/mol. The van der Waals surface area contributed by atoms with Gasteiger partial charge in [-0.05, 0) is 117 Å². The lowest BCUT2D eigenvalue weighted by Gasteiger charge is -2.34. The fourth-order valence-electron chi connectivity index (χ4n) is 6.38. The van der Waals surface area contributed by atoms with Gasteiger partial charge in [0.1, 0.15) is 17.5 Å². The molecule has 2 saturated heterocycles. The van der Waals surface area contributed by atoms with Gasteiger partial charge in [-0.3, -0.25) is 9.79 Å². The molecule has 8 heteroatoms. The highest BCUT2D eigenvalue weighted by atomic mass is 19.1. The number of piperazine rings is 1. The Labute approximate surface area is 247 Å². The number of amidine groups is 1. The monoisotopic (exact) mass is 571 g/mol. The number of benzene rings is 3. The third-order valence-corrected chi connectivity index (χ3v) is 8.95. The Kier molecular flexibility index (Phi) is 8.36. The number of carbonyl (C=O) groups is 1. The summed E-state index contributed by atoms with van der Waals surface area (Å²) in [6.45, 7) is 6.68. The second kappa shape index (κ2) is 12.3. The largest absolute Gasteiger partial charge is 0.369 e. The number of nitrogens with zero attached hydrogens (tertiary/aromatic N) is 4. The molecular formula is C34H39F2N5O. The van der Waals surface area contributed by atoms with Crippen molar-refractivity contribution in [2.24, 2.45) is 10.9 Å². The zero-order valence-electron chi connectivity index (χ0n) is 24.5. The summed E-state index contributed by atoms with van der Waals surface area (Å²) >= 11 is 0. The van der Waals surface area contributed by atoms with E-state index in [4.69, 9.17) is 0 Å². The first kappa shape index (κ1) is 28.5. The van der Waals surface area contributed by atoms with Crippen LogP contribution in [0.25, 0.3) is 0 Å². The Hall–Kier alpha value is -3.62. The van der Waals surface area contributed by atoms with Gasteiger partial charge in [0.25, 0.3) is 5.91 Å². The van der Waals surface area contributed by atoms with Gasteiger partial charge < -0.3 is 20.0 Å². The average Bonchev–Trinajstić information content (AvgIpc) is 3.36. The number of carbonyl (C=O) groups excluding carboxylic acids is 1. The summed E-state index contributed by atoms with van der Waals surface area (Å²) in [6.07, 6.45) is 3.54. The van der Waals surface area contributed by atoms with Crippen molar-refractivity contribution in [1.29, 1.82) is 0 Å². The van der Waals surface area contributed by atoms with Crippen molar-refractivity contribution in [2.45, 2.75) is 32.2 Å². The predicted octanol–water partition coefficient (Wildman–Crippen LogP) is 4.88. The molecule has 3 aromatic carbocycles. The molecule has 3 heterocycles. The maximum Gasteiger partial charge on any atom is 0.257 e. The molecule has 3 aliphatic rings. The lowest BCUT2D eigenvalue weighted by Crippen LogP contribution is -2.44. The molecule has 2 fully saturated rings. The van der Waals surface area contributed by atoms with Crippen molar-refractivity contribution in [3.05, 3.63) is 99.6 Å². The van der Waals surface area contributed by atoms with Crippen LogP contribution in [0, 0.1) is 17.6 Å². The molecule has 0 saturated carbocycles. The van der Waals surface area contributed by atoms with Gasteiger partial charge >= 0.3 is 0 Å². The Morgan fingerprint density at radius 1 is 0.857 bits per heavy atom. The molecule has 0 bridgehead atoms. The Bertz CT molecular complexity index is 1470. The molecule has 3 aliphatic heterocycles. The highest BCUT2D eigenvalue weighted by Crippen LogP contribution is 2.28. The van der Waals surface area contributed by atoms with Crippen LogP contribution in [0.1, 0.15) is 51.0 Å². The summed E-state index contributed by atoms with van der Waals surface area (Å²) in [5.74, 6) is -0.219. The summed E-state index contributed by atoms with van der Waals surface area (Å²) in [6, 6.07) is 15.8. The predicted molar refractivity (Wildman–Crippen MR) is 163 cm³/mol. The number of amides is 1. The van der Waals surface area contributed by atoms with E-state index in [1.54, 1.807) is 0 Å². The number of rotatable bonds is 6. The van der Waals surface area contributed by atoms with Crippen molar-refractivity contribution in [3.63, 3.8) is 0 Å². The fourth-order valence-corrected chi connectivity index (χ4v) is 6.38. The molecule has 3 aromatic rings. The summed E-state index contributed by atoms with van der Waals surface area (Å²) in [5.41, 5.74) is 6.34. The van der Waals surface area contributed by atoms with Crippen LogP contribution >= 0.6 is 0 Å². The standard InChI is InChI=1S/C34H39F2N5O/c1-39-9-7-23(8-10-39)16-27-20-30(41-13-11-40(2)12-14-41)5-6-31(27)34(42)38-33-32-19-24(3-4-26(32)22-37-33)15-25-17-28(35)21-29(36)18-25/h3-6,17-21,23H,7-16,22H2,1-2H3,(H,37,38,42). The maximum atomic E-state index is 13.8. The number of likely N-dealkylation sites (N-methyl/N-ethyl adjacent to an activating group) is 1. The van der Waals surface area contributed by atoms with E-state index in [1.165, 1.54) is 17.8 Å². The number of aliphatic imine (C=N–C) groups is 1. The summed E-state index contributed by atoms with van der Waals surface area (Å²) < 4.78 is 27.5. The molecule has 6 nitrogen and oxygen atoms in total. The smallest absolute Gasteiger partial charge is 0.257 e. The quantitative estimate of drug-likeness (QED) is 0.458. The lowest BCUT2D eigenvalue weighted by molar-refractivity contribution is 0.0975. The van der Waals surface area contributed by atoms with Crippen LogP contribution in [-0.2, 0) is 19.4 Å². The van der Waals surface area contributed by atoms with Crippen molar-refractivity contribution in [1.82, 2.24) is 15.1 Å². The van der Waals surface area contributed by atoms with Gasteiger partial charge in [-0.1, -0.05) is 12.1 Å². The minimum atomic E-state index is -0.588. The van der Waals surface area contributed by atoms with E-state index < -0.39 is 11.6 Å². The van der Waals surface area contributed by atoms with E-state index in [-0.39, 0.29) is 5.91 Å². The molecule has 42 heavy (non-hydrogen) atoms. The van der Waals surface area contributed by atoms with Crippen LogP contribution in [0.15, 0.2) is 59.6 Å². The van der Waals surface area contributed by atoms with Gasteiger partial charge in [0.15, 0.2) is 0 Å². The Balaban J connectivity index is 1.22. The zero-order chi connectivity index (χ0) is 29.2. The fraction of sp³-hybridized carbons (Fsp3) is 0.412. The first-order chi connectivity index (χ1) is 20.3. The van der Waals surface area contributed by atoms with Gasteiger partial charge in [0.2, 0.25) is 0 Å². The number of fused-ring (bicyclic) bond motifs is 1. The lowest BCUT2D eigenvalue weighted by atomic mass is 9.88. The van der Waals surface area contributed by atoms with Gasteiger partial charge in [-0.15, -0.1) is 0 Å². The van der Waals surface area contributed by atoms with Crippen molar-refractivity contribution in [3.8, 4) is 0 Å².